The van der Waals surface area contributed by atoms with Gasteiger partial charge >= 0.3 is 0 Å². The van der Waals surface area contributed by atoms with Crippen molar-refractivity contribution in [2.24, 2.45) is 0 Å². The third-order valence-electron chi connectivity index (χ3n) is 4.35. The first-order valence-electron chi connectivity index (χ1n) is 9.40. The number of hydrogen-bond donors (Lipinski definition) is 1. The van der Waals surface area contributed by atoms with Crippen LogP contribution in [0.5, 0.6) is 17.2 Å². The highest BCUT2D eigenvalue weighted by atomic mass is 79.9. The molecule has 158 valence electrons. The third-order valence-corrected chi connectivity index (χ3v) is 5.60. The van der Waals surface area contributed by atoms with Crippen LogP contribution < -0.4 is 19.5 Å². The number of hydrogen-bond acceptors (Lipinski definition) is 4. The van der Waals surface area contributed by atoms with Gasteiger partial charge in [0.05, 0.1) is 23.2 Å². The van der Waals surface area contributed by atoms with Crippen LogP contribution in [0.2, 0.25) is 10.0 Å². The predicted molar refractivity (Wildman–Crippen MR) is 126 cm³/mol. The number of rotatable bonds is 9. The zero-order valence-corrected chi connectivity index (χ0v) is 19.8. The molecule has 0 aliphatic heterocycles. The van der Waals surface area contributed by atoms with E-state index < -0.39 is 0 Å². The van der Waals surface area contributed by atoms with Crippen molar-refractivity contribution >= 4 is 44.8 Å². The molecule has 3 aromatic carbocycles. The maximum atomic E-state index is 6.24. The fourth-order valence-electron chi connectivity index (χ4n) is 2.87. The van der Waals surface area contributed by atoms with Crippen molar-refractivity contribution in [1.82, 2.24) is 0 Å². The Morgan fingerprint density at radius 1 is 0.933 bits per heavy atom. The molecule has 0 bridgehead atoms. The Morgan fingerprint density at radius 2 is 1.73 bits per heavy atom. The molecule has 0 saturated heterocycles. The van der Waals surface area contributed by atoms with Crippen molar-refractivity contribution in [3.63, 3.8) is 0 Å². The molecule has 0 radical (unpaired) electrons. The lowest BCUT2D eigenvalue weighted by atomic mass is 10.2. The quantitative estimate of drug-likeness (QED) is 0.326. The van der Waals surface area contributed by atoms with Crippen LogP contribution in [0.1, 0.15) is 18.1 Å². The Hall–Kier alpha value is -2.08. The molecule has 7 heteroatoms. The molecule has 30 heavy (non-hydrogen) atoms. The van der Waals surface area contributed by atoms with Gasteiger partial charge in [0.2, 0.25) is 0 Å². The van der Waals surface area contributed by atoms with Crippen molar-refractivity contribution in [2.45, 2.75) is 20.1 Å². The van der Waals surface area contributed by atoms with Crippen molar-refractivity contribution in [2.75, 3.05) is 19.0 Å². The summed E-state index contributed by atoms with van der Waals surface area (Å²) in [5.41, 5.74) is 2.84. The SMILES string of the molecule is CCOc1cc(CNc2ccc(OC)c(Cl)c2)cc(Br)c1OCc1ccccc1Cl. The summed E-state index contributed by atoms with van der Waals surface area (Å²) in [6.07, 6.45) is 0. The lowest BCUT2D eigenvalue weighted by molar-refractivity contribution is 0.267. The van der Waals surface area contributed by atoms with Gasteiger partial charge in [-0.05, 0) is 64.8 Å². The molecular weight excluding hydrogens is 489 g/mol. The minimum Gasteiger partial charge on any atom is -0.495 e. The minimum atomic E-state index is 0.348. The zero-order chi connectivity index (χ0) is 21.5. The van der Waals surface area contributed by atoms with Gasteiger partial charge in [-0.25, -0.2) is 0 Å². The van der Waals surface area contributed by atoms with Crippen molar-refractivity contribution < 1.29 is 14.2 Å². The molecule has 3 rings (SSSR count). The highest BCUT2D eigenvalue weighted by Crippen LogP contribution is 2.38. The lowest BCUT2D eigenvalue weighted by Crippen LogP contribution is -2.04. The molecule has 0 aliphatic rings. The van der Waals surface area contributed by atoms with Crippen LogP contribution in [0.25, 0.3) is 0 Å². The average molecular weight is 511 g/mol. The Balaban J connectivity index is 1.75. The van der Waals surface area contributed by atoms with Crippen LogP contribution in [0.3, 0.4) is 0 Å². The van der Waals surface area contributed by atoms with Crippen molar-refractivity contribution in [1.29, 1.82) is 0 Å². The van der Waals surface area contributed by atoms with Crippen LogP contribution in [0.15, 0.2) is 59.1 Å². The van der Waals surface area contributed by atoms with Gasteiger partial charge in [0.25, 0.3) is 0 Å². The summed E-state index contributed by atoms with van der Waals surface area (Å²) < 4.78 is 17.9. The molecule has 0 unspecified atom stereocenters. The smallest absolute Gasteiger partial charge is 0.175 e. The largest absolute Gasteiger partial charge is 0.495 e. The molecule has 4 nitrogen and oxygen atoms in total. The lowest BCUT2D eigenvalue weighted by Gasteiger charge is -2.16. The van der Waals surface area contributed by atoms with Gasteiger partial charge in [-0.1, -0.05) is 41.4 Å². The number of methoxy groups -OCH3 is 1. The third kappa shape index (κ3) is 5.75. The van der Waals surface area contributed by atoms with Gasteiger partial charge in [-0.2, -0.15) is 0 Å². The Labute approximate surface area is 195 Å². The van der Waals surface area contributed by atoms with Crippen LogP contribution in [-0.4, -0.2) is 13.7 Å². The van der Waals surface area contributed by atoms with E-state index in [2.05, 4.69) is 21.2 Å². The number of benzene rings is 3. The zero-order valence-electron chi connectivity index (χ0n) is 16.7. The molecule has 0 spiro atoms. The van der Waals surface area contributed by atoms with Crippen molar-refractivity contribution in [3.05, 3.63) is 80.2 Å². The standard InChI is InChI=1S/C23H22BrCl2NO3/c1-3-29-22-11-15(13-27-17-8-9-21(28-2)20(26)12-17)10-18(24)23(22)30-14-16-6-4-5-7-19(16)25/h4-12,27H,3,13-14H2,1-2H3. The molecule has 0 amide bonds. The first kappa shape index (κ1) is 22.6. The van der Waals surface area contributed by atoms with Gasteiger partial charge in [0.1, 0.15) is 12.4 Å². The highest BCUT2D eigenvalue weighted by Gasteiger charge is 2.14. The maximum Gasteiger partial charge on any atom is 0.175 e. The summed E-state index contributed by atoms with van der Waals surface area (Å²) in [7, 11) is 1.59. The summed E-state index contributed by atoms with van der Waals surface area (Å²) in [6, 6.07) is 17.2. The molecule has 1 N–H and O–H groups in total. The summed E-state index contributed by atoms with van der Waals surface area (Å²) in [5.74, 6) is 1.96. The molecule has 0 fully saturated rings. The van der Waals surface area contributed by atoms with Gasteiger partial charge in [-0.15, -0.1) is 0 Å². The van der Waals surface area contributed by atoms with E-state index in [1.165, 1.54) is 0 Å². The molecule has 0 aromatic heterocycles. The van der Waals surface area contributed by atoms with Gasteiger partial charge < -0.3 is 19.5 Å². The molecule has 3 aromatic rings. The maximum absolute atomic E-state index is 6.24. The van der Waals surface area contributed by atoms with Gasteiger partial charge in [-0.3, -0.25) is 0 Å². The van der Waals surface area contributed by atoms with Crippen LogP contribution in [-0.2, 0) is 13.2 Å². The van der Waals surface area contributed by atoms with E-state index >= 15 is 0 Å². The number of halogens is 3. The number of nitrogens with one attached hydrogen (secondary N) is 1. The first-order chi connectivity index (χ1) is 14.5. The molecule has 0 aliphatic carbocycles. The predicted octanol–water partition coefficient (Wildman–Crippen LogP) is 7.35. The molecule has 0 saturated carbocycles. The Bertz CT molecular complexity index is 1010. The van der Waals surface area contributed by atoms with E-state index in [4.69, 9.17) is 37.4 Å². The van der Waals surface area contributed by atoms with E-state index in [9.17, 15) is 0 Å². The summed E-state index contributed by atoms with van der Waals surface area (Å²) in [4.78, 5) is 0. The minimum absolute atomic E-state index is 0.348. The molecule has 0 atom stereocenters. The second kappa shape index (κ2) is 10.8. The van der Waals surface area contributed by atoms with Crippen LogP contribution in [0.4, 0.5) is 5.69 Å². The van der Waals surface area contributed by atoms with Gasteiger partial charge in [0, 0.05) is 22.8 Å². The topological polar surface area (TPSA) is 39.7 Å². The van der Waals surface area contributed by atoms with E-state index in [1.54, 1.807) is 7.11 Å². The van der Waals surface area contributed by atoms with Crippen molar-refractivity contribution in [3.8, 4) is 17.2 Å². The van der Waals surface area contributed by atoms with E-state index in [-0.39, 0.29) is 0 Å². The monoisotopic (exact) mass is 509 g/mol. The van der Waals surface area contributed by atoms with Crippen LogP contribution >= 0.6 is 39.1 Å². The average Bonchev–Trinajstić information content (AvgIpc) is 2.73. The normalized spacial score (nSPS) is 10.6. The second-order valence-corrected chi connectivity index (χ2v) is 8.09. The second-order valence-electron chi connectivity index (χ2n) is 6.42. The fraction of sp³-hybridized carbons (Fsp3) is 0.217. The van der Waals surface area contributed by atoms with Crippen LogP contribution in [0, 0.1) is 0 Å². The molecule has 0 heterocycles. The van der Waals surface area contributed by atoms with E-state index in [0.717, 1.165) is 21.3 Å². The van der Waals surface area contributed by atoms with Gasteiger partial charge in [0.15, 0.2) is 11.5 Å². The fourth-order valence-corrected chi connectivity index (χ4v) is 3.92. The summed E-state index contributed by atoms with van der Waals surface area (Å²) in [5, 5.41) is 4.59. The van der Waals surface area contributed by atoms with E-state index in [1.807, 2.05) is 61.5 Å². The highest BCUT2D eigenvalue weighted by molar-refractivity contribution is 9.10. The summed E-state index contributed by atoms with van der Waals surface area (Å²) in [6.45, 7) is 3.41. The van der Waals surface area contributed by atoms with E-state index in [0.29, 0.717) is 47.1 Å². The molecular formula is C23H22BrCl2NO3. The Kier molecular flexibility index (Phi) is 8.14. The Morgan fingerprint density at radius 3 is 2.43 bits per heavy atom. The first-order valence-corrected chi connectivity index (χ1v) is 11.0. The number of ether oxygens (including phenoxy) is 3. The summed E-state index contributed by atoms with van der Waals surface area (Å²) >= 11 is 16.1. The number of anilines is 1.